The lowest BCUT2D eigenvalue weighted by Crippen LogP contribution is -2.57. The van der Waals surface area contributed by atoms with Crippen LogP contribution < -0.4 is 33.2 Å². The van der Waals surface area contributed by atoms with Crippen LogP contribution in [0.15, 0.2) is 65.8 Å². The summed E-state index contributed by atoms with van der Waals surface area (Å²) < 4.78 is 0. The Bertz CT molecular complexity index is 1540. The summed E-state index contributed by atoms with van der Waals surface area (Å²) in [6, 6.07) is 11.0. The van der Waals surface area contributed by atoms with Gasteiger partial charge in [0.25, 0.3) is 0 Å². The second-order valence-corrected chi connectivity index (χ2v) is 10.8. The number of carboxylic acid groups (broad SMARTS) is 2. The van der Waals surface area contributed by atoms with Crippen molar-refractivity contribution >= 4 is 46.5 Å². The van der Waals surface area contributed by atoms with Crippen molar-refractivity contribution in [2.75, 3.05) is 6.54 Å². The van der Waals surface area contributed by atoms with Gasteiger partial charge in [0.1, 0.15) is 18.1 Å². The van der Waals surface area contributed by atoms with E-state index in [1.54, 1.807) is 36.5 Å². The standard InChI is InChI=1S/C31H40N8O7/c32-21(10-6-14-35-31(33)34)27(42)37-23(12-13-26(40)41)28(43)38-24(16-19-17-36-22-11-5-4-9-20(19)22)29(44)39-25(30(45)46)15-18-7-2-1-3-8-18/h1-5,7-9,11,17,21,23-25,36H,6,10,12-16,32H2,(H,37,42)(H,38,43)(H,39,44)(H,40,41)(H,45,46)(H4,33,34,35). The Morgan fingerprint density at radius 3 is 2.09 bits per heavy atom. The first-order chi connectivity index (χ1) is 21.9. The quantitative estimate of drug-likeness (QED) is 0.0501. The lowest BCUT2D eigenvalue weighted by atomic mass is 10.0. The summed E-state index contributed by atoms with van der Waals surface area (Å²) in [4.78, 5) is 70.4. The molecule has 3 amide bonds. The van der Waals surface area contributed by atoms with Crippen LogP contribution in [0.1, 0.15) is 36.8 Å². The Labute approximate surface area is 265 Å². The maximum absolute atomic E-state index is 13.6. The smallest absolute Gasteiger partial charge is 0.326 e. The Balaban J connectivity index is 1.82. The van der Waals surface area contributed by atoms with Gasteiger partial charge in [-0.05, 0) is 36.5 Å². The Kier molecular flexibility index (Phi) is 13.1. The number of nitrogens with two attached hydrogens (primary N) is 3. The minimum atomic E-state index is -1.36. The molecule has 0 saturated heterocycles. The number of carbonyl (C=O) groups excluding carboxylic acids is 3. The number of H-pyrrole nitrogens is 1. The molecule has 12 N–H and O–H groups in total. The van der Waals surface area contributed by atoms with Gasteiger partial charge in [-0.25, -0.2) is 4.79 Å². The number of hydrogen-bond acceptors (Lipinski definition) is 7. The highest BCUT2D eigenvalue weighted by Crippen LogP contribution is 2.19. The molecule has 3 rings (SSSR count). The van der Waals surface area contributed by atoms with Crippen molar-refractivity contribution in [3.63, 3.8) is 0 Å². The van der Waals surface area contributed by atoms with E-state index < -0.39 is 60.2 Å². The summed E-state index contributed by atoms with van der Waals surface area (Å²) in [6.07, 6.45) is 1.44. The molecule has 0 saturated carbocycles. The van der Waals surface area contributed by atoms with Crippen LogP contribution in [0, 0.1) is 0 Å². The maximum Gasteiger partial charge on any atom is 0.326 e. The van der Waals surface area contributed by atoms with Crippen LogP contribution in [0.2, 0.25) is 0 Å². The Hall–Kier alpha value is -5.44. The van der Waals surface area contributed by atoms with Crippen LogP contribution in [0.3, 0.4) is 0 Å². The molecule has 4 unspecified atom stereocenters. The summed E-state index contributed by atoms with van der Waals surface area (Å²) in [6.45, 7) is 0.235. The minimum absolute atomic E-state index is 0.00592. The molecule has 3 aromatic rings. The number of aliphatic imine (C=N–C) groups is 1. The lowest BCUT2D eigenvalue weighted by molar-refractivity contribution is -0.142. The number of fused-ring (bicyclic) bond motifs is 1. The van der Waals surface area contributed by atoms with Crippen LogP contribution in [-0.4, -0.2) is 81.5 Å². The van der Waals surface area contributed by atoms with Crippen LogP contribution in [0.25, 0.3) is 10.9 Å². The number of para-hydroxylation sites is 1. The number of hydrogen-bond donors (Lipinski definition) is 9. The normalized spacial score (nSPS) is 13.5. The number of guanidine groups is 1. The predicted octanol–water partition coefficient (Wildman–Crippen LogP) is -0.262. The molecule has 0 fully saturated rings. The highest BCUT2D eigenvalue weighted by molar-refractivity contribution is 5.95. The van der Waals surface area contributed by atoms with Crippen molar-refractivity contribution in [3.8, 4) is 0 Å². The number of benzene rings is 2. The number of nitrogens with one attached hydrogen (secondary N) is 4. The van der Waals surface area contributed by atoms with Gasteiger partial charge in [-0.3, -0.25) is 24.2 Å². The van der Waals surface area contributed by atoms with Gasteiger partial charge in [0, 0.05) is 42.9 Å². The Morgan fingerprint density at radius 1 is 0.783 bits per heavy atom. The van der Waals surface area contributed by atoms with Crippen LogP contribution >= 0.6 is 0 Å². The van der Waals surface area contributed by atoms with Gasteiger partial charge in [-0.2, -0.15) is 0 Å². The first-order valence-corrected chi connectivity index (χ1v) is 14.7. The van der Waals surface area contributed by atoms with E-state index in [1.807, 2.05) is 24.3 Å². The molecular weight excluding hydrogens is 596 g/mol. The monoisotopic (exact) mass is 636 g/mol. The zero-order valence-corrected chi connectivity index (χ0v) is 25.1. The predicted molar refractivity (Wildman–Crippen MR) is 170 cm³/mol. The molecule has 0 bridgehead atoms. The average Bonchev–Trinajstić information content (AvgIpc) is 3.43. The molecule has 246 valence electrons. The SMILES string of the molecule is NC(N)=NCCCC(N)C(=O)NC(CCC(=O)O)C(=O)NC(Cc1c[nH]c2ccccc12)C(=O)NC(Cc1ccccc1)C(=O)O. The van der Waals surface area contributed by atoms with Gasteiger partial charge < -0.3 is 48.3 Å². The topological polar surface area (TPSA) is 268 Å². The van der Waals surface area contributed by atoms with Crippen molar-refractivity contribution < 1.29 is 34.2 Å². The van der Waals surface area contributed by atoms with Gasteiger partial charge in [0.05, 0.1) is 6.04 Å². The van der Waals surface area contributed by atoms with E-state index in [1.165, 1.54) is 0 Å². The van der Waals surface area contributed by atoms with E-state index in [0.717, 1.165) is 10.9 Å². The summed E-state index contributed by atoms with van der Waals surface area (Å²) in [5, 5.41) is 27.5. The third-order valence-corrected chi connectivity index (χ3v) is 7.21. The van der Waals surface area contributed by atoms with Crippen LogP contribution in [-0.2, 0) is 36.8 Å². The zero-order valence-electron chi connectivity index (χ0n) is 25.1. The van der Waals surface area contributed by atoms with Crippen molar-refractivity contribution in [2.45, 2.75) is 62.7 Å². The third kappa shape index (κ3) is 10.9. The third-order valence-electron chi connectivity index (χ3n) is 7.21. The fourth-order valence-corrected chi connectivity index (χ4v) is 4.79. The fraction of sp³-hybridized carbons (Fsp3) is 0.355. The number of carboxylic acids is 2. The van der Waals surface area contributed by atoms with Gasteiger partial charge in [0.15, 0.2) is 5.96 Å². The lowest BCUT2D eigenvalue weighted by Gasteiger charge is -2.25. The van der Waals surface area contributed by atoms with Crippen LogP contribution in [0.5, 0.6) is 0 Å². The summed E-state index contributed by atoms with van der Waals surface area (Å²) in [5.41, 5.74) is 18.7. The Morgan fingerprint density at radius 2 is 1.41 bits per heavy atom. The first-order valence-electron chi connectivity index (χ1n) is 14.7. The van der Waals surface area contributed by atoms with Crippen LogP contribution in [0.4, 0.5) is 0 Å². The van der Waals surface area contributed by atoms with Crippen molar-refractivity contribution in [1.29, 1.82) is 0 Å². The van der Waals surface area contributed by atoms with Crippen molar-refractivity contribution in [2.24, 2.45) is 22.2 Å². The van der Waals surface area contributed by atoms with Crippen molar-refractivity contribution in [1.82, 2.24) is 20.9 Å². The molecule has 4 atom stereocenters. The highest BCUT2D eigenvalue weighted by atomic mass is 16.4. The van der Waals surface area contributed by atoms with E-state index in [2.05, 4.69) is 25.9 Å². The summed E-state index contributed by atoms with van der Waals surface area (Å²) >= 11 is 0. The second kappa shape index (κ2) is 17.2. The van der Waals surface area contributed by atoms with E-state index in [4.69, 9.17) is 17.2 Å². The van der Waals surface area contributed by atoms with E-state index in [9.17, 15) is 34.2 Å². The molecule has 46 heavy (non-hydrogen) atoms. The number of rotatable bonds is 18. The second-order valence-electron chi connectivity index (χ2n) is 10.8. The molecular formula is C31H40N8O7. The molecule has 0 spiro atoms. The number of amides is 3. The molecule has 15 nitrogen and oxygen atoms in total. The number of aromatic amines is 1. The fourth-order valence-electron chi connectivity index (χ4n) is 4.79. The van der Waals surface area contributed by atoms with E-state index >= 15 is 0 Å². The molecule has 1 aromatic heterocycles. The molecule has 0 aliphatic heterocycles. The molecule has 2 aromatic carbocycles. The molecule has 1 heterocycles. The number of nitrogens with zero attached hydrogens (tertiary/aromatic N) is 1. The number of aromatic nitrogens is 1. The molecule has 15 heteroatoms. The molecule has 0 radical (unpaired) electrons. The van der Waals surface area contributed by atoms with E-state index in [-0.39, 0.29) is 38.2 Å². The maximum atomic E-state index is 13.6. The van der Waals surface area contributed by atoms with Gasteiger partial charge in [-0.15, -0.1) is 0 Å². The number of aliphatic carboxylic acids is 2. The summed E-state index contributed by atoms with van der Waals surface area (Å²) in [5.74, 6) is -4.90. The number of carbonyl (C=O) groups is 5. The highest BCUT2D eigenvalue weighted by Gasteiger charge is 2.31. The summed E-state index contributed by atoms with van der Waals surface area (Å²) in [7, 11) is 0. The minimum Gasteiger partial charge on any atom is -0.481 e. The molecule has 0 aliphatic rings. The largest absolute Gasteiger partial charge is 0.481 e. The van der Waals surface area contributed by atoms with Gasteiger partial charge in [0.2, 0.25) is 17.7 Å². The average molecular weight is 637 g/mol. The van der Waals surface area contributed by atoms with Gasteiger partial charge in [-0.1, -0.05) is 48.5 Å². The van der Waals surface area contributed by atoms with E-state index in [0.29, 0.717) is 17.5 Å². The van der Waals surface area contributed by atoms with Crippen molar-refractivity contribution in [3.05, 3.63) is 71.9 Å². The molecule has 0 aliphatic carbocycles. The zero-order chi connectivity index (χ0) is 33.6. The first kappa shape index (κ1) is 35.0. The van der Waals surface area contributed by atoms with Gasteiger partial charge >= 0.3 is 11.9 Å².